The number of hydrogen-bond acceptors (Lipinski definition) is 6. The molecule has 6 heteroatoms. The lowest BCUT2D eigenvalue weighted by Gasteiger charge is -2.30. The fourth-order valence-electron chi connectivity index (χ4n) is 2.16. The number of likely N-dealkylation sites (N-methyl/N-ethyl adjacent to an activating group) is 1. The van der Waals surface area contributed by atoms with Crippen molar-refractivity contribution in [3.05, 3.63) is 24.5 Å². The van der Waals surface area contributed by atoms with Crippen LogP contribution in [0.15, 0.2) is 24.5 Å². The molecule has 3 heterocycles. The smallest absolute Gasteiger partial charge is 0.180 e. The van der Waals surface area contributed by atoms with Crippen molar-refractivity contribution in [2.24, 2.45) is 0 Å². The zero-order valence-corrected chi connectivity index (χ0v) is 10.9. The molecule has 2 aromatic heterocycles. The fourth-order valence-corrected chi connectivity index (χ4v) is 2.16. The Kier molecular flexibility index (Phi) is 3.52. The molecular formula is C13H17N5O. The van der Waals surface area contributed by atoms with Gasteiger partial charge in [0, 0.05) is 32.0 Å². The Morgan fingerprint density at radius 3 is 3.16 bits per heavy atom. The van der Waals surface area contributed by atoms with Gasteiger partial charge in [0.1, 0.15) is 11.3 Å². The molecule has 0 amide bonds. The minimum atomic E-state index is 0.207. The Morgan fingerprint density at radius 1 is 1.37 bits per heavy atom. The second kappa shape index (κ2) is 5.46. The first-order chi connectivity index (χ1) is 9.31. The number of fused-ring (bicyclic) bond motifs is 1. The van der Waals surface area contributed by atoms with Crippen LogP contribution in [0.1, 0.15) is 0 Å². The average Bonchev–Trinajstić information content (AvgIpc) is 2.45. The summed E-state index contributed by atoms with van der Waals surface area (Å²) < 4.78 is 5.70. The number of nitrogens with zero attached hydrogens (tertiary/aromatic N) is 4. The molecule has 1 aliphatic heterocycles. The molecule has 1 atom stereocenters. The van der Waals surface area contributed by atoms with Crippen LogP contribution < -0.4 is 5.32 Å². The van der Waals surface area contributed by atoms with E-state index in [1.54, 1.807) is 12.4 Å². The second-order valence-electron chi connectivity index (χ2n) is 4.73. The molecule has 3 rings (SSSR count). The van der Waals surface area contributed by atoms with Crippen molar-refractivity contribution in [2.45, 2.75) is 6.10 Å². The van der Waals surface area contributed by atoms with Gasteiger partial charge in [-0.2, -0.15) is 0 Å². The molecule has 100 valence electrons. The quantitative estimate of drug-likeness (QED) is 0.878. The van der Waals surface area contributed by atoms with Gasteiger partial charge in [-0.25, -0.2) is 9.97 Å². The molecule has 19 heavy (non-hydrogen) atoms. The van der Waals surface area contributed by atoms with E-state index in [-0.39, 0.29) is 6.10 Å². The molecule has 1 N–H and O–H groups in total. The van der Waals surface area contributed by atoms with Gasteiger partial charge >= 0.3 is 0 Å². The third-order valence-electron chi connectivity index (χ3n) is 3.18. The van der Waals surface area contributed by atoms with Gasteiger partial charge in [-0.05, 0) is 19.2 Å². The molecule has 0 saturated carbocycles. The molecule has 1 unspecified atom stereocenters. The molecule has 1 fully saturated rings. The van der Waals surface area contributed by atoms with Crippen LogP contribution in [0.2, 0.25) is 0 Å². The summed E-state index contributed by atoms with van der Waals surface area (Å²) in [5, 5.41) is 3.30. The number of anilines is 1. The van der Waals surface area contributed by atoms with Gasteiger partial charge < -0.3 is 15.0 Å². The van der Waals surface area contributed by atoms with E-state index in [0.29, 0.717) is 5.65 Å². The highest BCUT2D eigenvalue weighted by atomic mass is 16.5. The summed E-state index contributed by atoms with van der Waals surface area (Å²) in [6.07, 6.45) is 3.53. The van der Waals surface area contributed by atoms with Crippen molar-refractivity contribution in [3.8, 4) is 0 Å². The van der Waals surface area contributed by atoms with Gasteiger partial charge in [0.25, 0.3) is 0 Å². The lowest BCUT2D eigenvalue weighted by molar-refractivity contribution is -0.0117. The Hall–Kier alpha value is -1.79. The predicted octanol–water partition coefficient (Wildman–Crippen LogP) is 0.767. The molecular weight excluding hydrogens is 242 g/mol. The van der Waals surface area contributed by atoms with E-state index in [2.05, 4.69) is 32.2 Å². The van der Waals surface area contributed by atoms with Crippen LogP contribution in [0, 0.1) is 0 Å². The standard InChI is InChI=1S/C13H17N5O/c1-18-6-7-19-10(9-18)8-16-12-3-2-11-13(17-12)15-5-4-14-11/h2-5,10H,6-9H2,1H3,(H,15,16,17). The van der Waals surface area contributed by atoms with Crippen LogP contribution in [-0.2, 0) is 4.74 Å². The van der Waals surface area contributed by atoms with Crippen molar-refractivity contribution in [3.63, 3.8) is 0 Å². The fraction of sp³-hybridized carbons (Fsp3) is 0.462. The summed E-state index contributed by atoms with van der Waals surface area (Å²) in [5.74, 6) is 0.810. The minimum Gasteiger partial charge on any atom is -0.374 e. The highest BCUT2D eigenvalue weighted by Gasteiger charge is 2.17. The SMILES string of the molecule is CN1CCOC(CNc2ccc3nccnc3n2)C1. The topological polar surface area (TPSA) is 63.2 Å². The predicted molar refractivity (Wildman–Crippen MR) is 73.1 cm³/mol. The maximum atomic E-state index is 5.70. The molecule has 0 aliphatic carbocycles. The number of rotatable bonds is 3. The van der Waals surface area contributed by atoms with Crippen molar-refractivity contribution >= 4 is 17.0 Å². The maximum Gasteiger partial charge on any atom is 0.180 e. The third kappa shape index (κ3) is 2.97. The summed E-state index contributed by atoms with van der Waals surface area (Å²) in [7, 11) is 2.11. The normalized spacial score (nSPS) is 20.6. The van der Waals surface area contributed by atoms with Gasteiger partial charge in [-0.1, -0.05) is 0 Å². The van der Waals surface area contributed by atoms with Crippen LogP contribution in [0.3, 0.4) is 0 Å². The van der Waals surface area contributed by atoms with Crippen molar-refractivity contribution in [1.82, 2.24) is 19.9 Å². The highest BCUT2D eigenvalue weighted by molar-refractivity contribution is 5.71. The van der Waals surface area contributed by atoms with E-state index in [0.717, 1.165) is 37.6 Å². The lowest BCUT2D eigenvalue weighted by atomic mass is 10.3. The van der Waals surface area contributed by atoms with E-state index in [9.17, 15) is 0 Å². The zero-order chi connectivity index (χ0) is 13.1. The largest absolute Gasteiger partial charge is 0.374 e. The van der Waals surface area contributed by atoms with E-state index < -0.39 is 0 Å². The summed E-state index contributed by atoms with van der Waals surface area (Å²) >= 11 is 0. The van der Waals surface area contributed by atoms with E-state index in [1.165, 1.54) is 0 Å². The molecule has 0 aromatic carbocycles. The molecule has 6 nitrogen and oxygen atoms in total. The summed E-state index contributed by atoms with van der Waals surface area (Å²) in [5.41, 5.74) is 1.47. The molecule has 1 aliphatic rings. The van der Waals surface area contributed by atoms with Crippen molar-refractivity contribution < 1.29 is 4.74 Å². The number of hydrogen-bond donors (Lipinski definition) is 1. The maximum absolute atomic E-state index is 5.70. The Bertz CT molecular complexity index is 561. The molecule has 2 aromatic rings. The van der Waals surface area contributed by atoms with E-state index in [1.807, 2.05) is 12.1 Å². The monoisotopic (exact) mass is 259 g/mol. The Morgan fingerprint density at radius 2 is 2.26 bits per heavy atom. The van der Waals surface area contributed by atoms with Crippen LogP contribution in [0.25, 0.3) is 11.2 Å². The second-order valence-corrected chi connectivity index (χ2v) is 4.73. The lowest BCUT2D eigenvalue weighted by Crippen LogP contribution is -2.43. The first kappa shape index (κ1) is 12.3. The van der Waals surface area contributed by atoms with Crippen molar-refractivity contribution in [1.29, 1.82) is 0 Å². The first-order valence-corrected chi connectivity index (χ1v) is 6.43. The van der Waals surface area contributed by atoms with Gasteiger partial charge in [0.2, 0.25) is 0 Å². The van der Waals surface area contributed by atoms with Gasteiger partial charge in [-0.3, -0.25) is 4.98 Å². The molecule has 1 saturated heterocycles. The average molecular weight is 259 g/mol. The molecule has 0 spiro atoms. The Labute approximate surface area is 111 Å². The van der Waals surface area contributed by atoms with Crippen LogP contribution in [-0.4, -0.2) is 59.2 Å². The number of morpholine rings is 1. The van der Waals surface area contributed by atoms with Crippen LogP contribution in [0.4, 0.5) is 5.82 Å². The number of ether oxygens (including phenoxy) is 1. The van der Waals surface area contributed by atoms with Gasteiger partial charge in [0.15, 0.2) is 5.65 Å². The highest BCUT2D eigenvalue weighted by Crippen LogP contribution is 2.11. The first-order valence-electron chi connectivity index (χ1n) is 6.43. The van der Waals surface area contributed by atoms with Gasteiger partial charge in [0.05, 0.1) is 12.7 Å². The van der Waals surface area contributed by atoms with E-state index in [4.69, 9.17) is 4.74 Å². The molecule has 0 bridgehead atoms. The van der Waals surface area contributed by atoms with Gasteiger partial charge in [-0.15, -0.1) is 0 Å². The summed E-state index contributed by atoms with van der Waals surface area (Å²) in [6, 6.07) is 3.84. The summed E-state index contributed by atoms with van der Waals surface area (Å²) in [6.45, 7) is 3.49. The van der Waals surface area contributed by atoms with Crippen LogP contribution >= 0.6 is 0 Å². The molecule has 0 radical (unpaired) electrons. The van der Waals surface area contributed by atoms with Crippen LogP contribution in [0.5, 0.6) is 0 Å². The zero-order valence-electron chi connectivity index (χ0n) is 10.9. The number of aromatic nitrogens is 3. The summed E-state index contributed by atoms with van der Waals surface area (Å²) in [4.78, 5) is 15.1. The number of pyridine rings is 1. The number of nitrogens with one attached hydrogen (secondary N) is 1. The van der Waals surface area contributed by atoms with Crippen molar-refractivity contribution in [2.75, 3.05) is 38.6 Å². The van der Waals surface area contributed by atoms with E-state index >= 15 is 0 Å². The Balaban J connectivity index is 1.64. The minimum absolute atomic E-state index is 0.207. The third-order valence-corrected chi connectivity index (χ3v) is 3.18.